The zero-order valence-electron chi connectivity index (χ0n) is 17.7. The molecule has 33 heavy (non-hydrogen) atoms. The van der Waals surface area contributed by atoms with Crippen molar-refractivity contribution in [3.05, 3.63) is 105 Å². The molecule has 0 unspecified atom stereocenters. The Balaban J connectivity index is 1.34. The number of hydrogen-bond acceptors (Lipinski definition) is 4. The van der Waals surface area contributed by atoms with Gasteiger partial charge in [0, 0.05) is 16.1 Å². The molecule has 0 aliphatic heterocycles. The topological polar surface area (TPSA) is 79.4 Å². The first-order valence-corrected chi connectivity index (χ1v) is 10.9. The smallest absolute Gasteiger partial charge is 0.289 e. The number of carbonyl (C=O) groups excluding carboxylic acids is 1. The number of aromatic amines is 1. The van der Waals surface area contributed by atoms with Crippen molar-refractivity contribution in [2.45, 2.75) is 13.5 Å². The molecule has 0 saturated carbocycles. The van der Waals surface area contributed by atoms with Crippen molar-refractivity contribution in [3.8, 4) is 17.0 Å². The van der Waals surface area contributed by atoms with E-state index in [9.17, 15) is 4.79 Å². The minimum absolute atomic E-state index is 0.282. The van der Waals surface area contributed by atoms with Crippen LogP contribution < -0.4 is 10.2 Å². The van der Waals surface area contributed by atoms with Gasteiger partial charge in [0.25, 0.3) is 5.91 Å². The normalized spacial score (nSPS) is 11.0. The van der Waals surface area contributed by atoms with Gasteiger partial charge in [0.1, 0.15) is 18.1 Å². The van der Waals surface area contributed by atoms with Crippen molar-refractivity contribution in [1.82, 2.24) is 15.6 Å². The average molecular weight is 479 g/mol. The first kappa shape index (κ1) is 22.6. The summed E-state index contributed by atoms with van der Waals surface area (Å²) in [7, 11) is 0. The number of benzene rings is 3. The molecule has 0 aliphatic rings. The largest absolute Gasteiger partial charge is 0.489 e. The fraction of sp³-hybridized carbons (Fsp3) is 0.0800. The van der Waals surface area contributed by atoms with Crippen molar-refractivity contribution in [2.75, 3.05) is 0 Å². The summed E-state index contributed by atoms with van der Waals surface area (Å²) in [5.74, 6) is 0.330. The molecule has 0 radical (unpaired) electrons. The molecule has 3 aromatic carbocycles. The Morgan fingerprint density at radius 2 is 1.82 bits per heavy atom. The quantitative estimate of drug-likeness (QED) is 0.251. The zero-order valence-corrected chi connectivity index (χ0v) is 19.2. The molecule has 0 saturated heterocycles. The minimum Gasteiger partial charge on any atom is -0.489 e. The molecule has 4 aromatic rings. The number of ether oxygens (including phenoxy) is 1. The van der Waals surface area contributed by atoms with Crippen LogP contribution in [0.1, 0.15) is 27.2 Å². The number of carbonyl (C=O) groups is 1. The molecule has 0 fully saturated rings. The Bertz CT molecular complexity index is 1280. The monoisotopic (exact) mass is 478 g/mol. The lowest BCUT2D eigenvalue weighted by molar-refractivity contribution is 0.0950. The maximum Gasteiger partial charge on any atom is 0.289 e. The Labute approximate surface area is 201 Å². The third-order valence-corrected chi connectivity index (χ3v) is 5.39. The summed E-state index contributed by atoms with van der Waals surface area (Å²) in [5, 5.41) is 11.8. The van der Waals surface area contributed by atoms with Crippen LogP contribution in [-0.4, -0.2) is 22.3 Å². The highest BCUT2D eigenvalue weighted by Crippen LogP contribution is 2.22. The Kier molecular flexibility index (Phi) is 7.07. The average Bonchev–Trinajstić information content (AvgIpc) is 3.31. The van der Waals surface area contributed by atoms with Crippen molar-refractivity contribution < 1.29 is 9.53 Å². The van der Waals surface area contributed by atoms with E-state index in [2.05, 4.69) is 39.8 Å². The van der Waals surface area contributed by atoms with Crippen molar-refractivity contribution >= 4 is 35.3 Å². The molecule has 2 N–H and O–H groups in total. The van der Waals surface area contributed by atoms with Crippen LogP contribution in [0.25, 0.3) is 11.3 Å². The number of amides is 1. The van der Waals surface area contributed by atoms with Crippen LogP contribution >= 0.6 is 23.2 Å². The van der Waals surface area contributed by atoms with E-state index in [1.165, 1.54) is 11.8 Å². The predicted molar refractivity (Wildman–Crippen MR) is 131 cm³/mol. The van der Waals surface area contributed by atoms with Gasteiger partial charge in [-0.25, -0.2) is 5.43 Å². The van der Waals surface area contributed by atoms with E-state index in [0.717, 1.165) is 16.9 Å². The molecule has 0 atom stereocenters. The van der Waals surface area contributed by atoms with Gasteiger partial charge < -0.3 is 4.74 Å². The molecular formula is C25H20Cl2N4O2. The van der Waals surface area contributed by atoms with E-state index in [1.807, 2.05) is 36.4 Å². The maximum atomic E-state index is 12.3. The van der Waals surface area contributed by atoms with Gasteiger partial charge in [-0.05, 0) is 55.0 Å². The number of halogens is 2. The number of aryl methyl sites for hydroxylation is 1. The minimum atomic E-state index is -0.423. The van der Waals surface area contributed by atoms with Crippen molar-refractivity contribution in [1.29, 1.82) is 0 Å². The standard InChI is InChI=1S/C25H20Cl2N4O2/c1-16-2-4-17(5-3-16)15-33-21-10-7-18(8-11-21)23-13-24(30-29-23)25(32)31-28-14-19-6-9-20(26)12-22(19)27/h2-14H,15H2,1H3,(H,29,30)(H,31,32). The SMILES string of the molecule is Cc1ccc(COc2ccc(-c3cc(C(=O)NN=Cc4ccc(Cl)cc4Cl)[nH]n3)cc2)cc1. The van der Waals surface area contributed by atoms with Crippen LogP contribution in [0.4, 0.5) is 0 Å². The fourth-order valence-corrected chi connectivity index (χ4v) is 3.44. The van der Waals surface area contributed by atoms with Crippen molar-refractivity contribution in [2.24, 2.45) is 5.10 Å². The van der Waals surface area contributed by atoms with Crippen LogP contribution in [0, 0.1) is 6.92 Å². The lowest BCUT2D eigenvalue weighted by Crippen LogP contribution is -2.18. The van der Waals surface area contributed by atoms with Crippen molar-refractivity contribution in [3.63, 3.8) is 0 Å². The van der Waals surface area contributed by atoms with Gasteiger partial charge in [0.15, 0.2) is 0 Å². The molecule has 1 amide bonds. The summed E-state index contributed by atoms with van der Waals surface area (Å²) in [6.07, 6.45) is 1.45. The van der Waals surface area contributed by atoms with E-state index in [1.54, 1.807) is 24.3 Å². The molecule has 6 nitrogen and oxygen atoms in total. The summed E-state index contributed by atoms with van der Waals surface area (Å²) >= 11 is 12.0. The van der Waals surface area contributed by atoms with E-state index in [0.29, 0.717) is 27.9 Å². The second-order valence-electron chi connectivity index (χ2n) is 7.33. The number of hydrazone groups is 1. The van der Waals surface area contributed by atoms with Crippen LogP contribution in [-0.2, 0) is 6.61 Å². The van der Waals surface area contributed by atoms with Gasteiger partial charge in [-0.3, -0.25) is 9.89 Å². The van der Waals surface area contributed by atoms with E-state index < -0.39 is 5.91 Å². The Morgan fingerprint density at radius 1 is 1.06 bits per heavy atom. The Hall–Kier alpha value is -3.61. The van der Waals surface area contributed by atoms with Crippen LogP contribution in [0.5, 0.6) is 5.75 Å². The van der Waals surface area contributed by atoms with Gasteiger partial charge in [-0.1, -0.05) is 59.1 Å². The number of nitrogens with one attached hydrogen (secondary N) is 2. The highest BCUT2D eigenvalue weighted by molar-refractivity contribution is 6.36. The number of hydrogen-bond donors (Lipinski definition) is 2. The summed E-state index contributed by atoms with van der Waals surface area (Å²) < 4.78 is 5.84. The highest BCUT2D eigenvalue weighted by atomic mass is 35.5. The van der Waals surface area contributed by atoms with Crippen LogP contribution in [0.3, 0.4) is 0 Å². The predicted octanol–water partition coefficient (Wildman–Crippen LogP) is 6.03. The first-order valence-electron chi connectivity index (χ1n) is 10.1. The zero-order chi connectivity index (χ0) is 23.2. The van der Waals surface area contributed by atoms with Crippen LogP contribution in [0.2, 0.25) is 10.0 Å². The summed E-state index contributed by atoms with van der Waals surface area (Å²) in [6.45, 7) is 2.55. The maximum absolute atomic E-state index is 12.3. The molecule has 1 aromatic heterocycles. The molecule has 0 bridgehead atoms. The van der Waals surface area contributed by atoms with Gasteiger partial charge in [0.05, 0.1) is 16.9 Å². The van der Waals surface area contributed by atoms with E-state index >= 15 is 0 Å². The lowest BCUT2D eigenvalue weighted by Gasteiger charge is -2.07. The van der Waals surface area contributed by atoms with Gasteiger partial charge in [0.2, 0.25) is 0 Å². The van der Waals surface area contributed by atoms with E-state index in [4.69, 9.17) is 27.9 Å². The summed E-state index contributed by atoms with van der Waals surface area (Å²) in [4.78, 5) is 12.3. The lowest BCUT2D eigenvalue weighted by atomic mass is 10.1. The number of aromatic nitrogens is 2. The number of rotatable bonds is 7. The molecule has 8 heteroatoms. The molecule has 4 rings (SSSR count). The highest BCUT2D eigenvalue weighted by Gasteiger charge is 2.11. The first-order chi connectivity index (χ1) is 16.0. The molecular weight excluding hydrogens is 459 g/mol. The second kappa shape index (κ2) is 10.3. The molecule has 1 heterocycles. The number of nitrogens with zero attached hydrogens (tertiary/aromatic N) is 2. The molecule has 166 valence electrons. The third kappa shape index (κ3) is 6.00. The van der Waals surface area contributed by atoms with Gasteiger partial charge in [-0.2, -0.15) is 10.2 Å². The summed E-state index contributed by atoms with van der Waals surface area (Å²) in [6, 6.07) is 22.4. The molecule has 0 aliphatic carbocycles. The molecule has 0 spiro atoms. The second-order valence-corrected chi connectivity index (χ2v) is 8.17. The number of H-pyrrole nitrogens is 1. The van der Waals surface area contributed by atoms with Gasteiger partial charge in [-0.15, -0.1) is 0 Å². The van der Waals surface area contributed by atoms with Gasteiger partial charge >= 0.3 is 0 Å². The summed E-state index contributed by atoms with van der Waals surface area (Å²) in [5.41, 5.74) is 7.17. The van der Waals surface area contributed by atoms with E-state index in [-0.39, 0.29) is 5.69 Å². The third-order valence-electron chi connectivity index (χ3n) is 4.83. The Morgan fingerprint density at radius 3 is 2.55 bits per heavy atom. The fourth-order valence-electron chi connectivity index (χ4n) is 2.99. The van der Waals surface area contributed by atoms with Crippen LogP contribution in [0.15, 0.2) is 77.9 Å².